The second-order valence-electron chi connectivity index (χ2n) is 6.45. The Morgan fingerprint density at radius 2 is 1.03 bits per heavy atom. The van der Waals surface area contributed by atoms with Gasteiger partial charge in [0.25, 0.3) is 0 Å². The third-order valence-corrected chi connectivity index (χ3v) is 6.83. The normalized spacial score (nSPS) is 15.5. The van der Waals surface area contributed by atoms with E-state index < -0.39 is 42.8 Å². The molecule has 0 unspecified atom stereocenters. The quantitative estimate of drug-likeness (QED) is 0.325. The van der Waals surface area contributed by atoms with Crippen molar-refractivity contribution in [1.82, 2.24) is 19.9 Å². The molecule has 2 heterocycles. The summed E-state index contributed by atoms with van der Waals surface area (Å²) in [5.74, 6) is 0.554. The predicted octanol–water partition coefficient (Wildman–Crippen LogP) is -1.61. The van der Waals surface area contributed by atoms with E-state index in [-0.39, 0.29) is 23.1 Å². The molecule has 0 bridgehead atoms. The van der Waals surface area contributed by atoms with Gasteiger partial charge in [0, 0.05) is 0 Å². The van der Waals surface area contributed by atoms with Crippen LogP contribution in [0.25, 0.3) is 0 Å². The van der Waals surface area contributed by atoms with Crippen LogP contribution < -0.4 is 19.8 Å². The summed E-state index contributed by atoms with van der Waals surface area (Å²) in [7, 11) is -4.78. The molecule has 0 saturated heterocycles. The molecule has 0 aliphatic carbocycles. The molecule has 2 aromatic rings. The van der Waals surface area contributed by atoms with Gasteiger partial charge in [-0.25, -0.2) is 37.1 Å². The molecular formula is C16H26N6O8S2. The molecule has 32 heavy (non-hydrogen) atoms. The van der Waals surface area contributed by atoms with Crippen molar-refractivity contribution in [1.29, 1.82) is 0 Å². The third kappa shape index (κ3) is 7.88. The number of hydrogen-bond acceptors (Lipinski definition) is 12. The van der Waals surface area contributed by atoms with E-state index in [1.807, 2.05) is 0 Å². The van der Waals surface area contributed by atoms with Gasteiger partial charge >= 0.3 is 0 Å². The lowest BCUT2D eigenvalue weighted by Gasteiger charge is -2.15. The summed E-state index contributed by atoms with van der Waals surface area (Å²) in [4.78, 5) is 15.3. The average Bonchev–Trinajstić information content (AvgIpc) is 2.76. The second kappa shape index (κ2) is 11.4. The molecule has 16 heteroatoms. The summed E-state index contributed by atoms with van der Waals surface area (Å²) < 4.78 is 53.6. The van der Waals surface area contributed by atoms with Crippen molar-refractivity contribution in [3.8, 4) is 11.8 Å². The molecule has 14 nitrogen and oxygen atoms in total. The predicted molar refractivity (Wildman–Crippen MR) is 112 cm³/mol. The van der Waals surface area contributed by atoms with Crippen LogP contribution >= 0.6 is 0 Å². The van der Waals surface area contributed by atoms with Crippen LogP contribution in [0, 0.1) is 0 Å². The number of primary sulfonamides is 2. The molecule has 0 aromatic carbocycles. The second-order valence-corrected chi connectivity index (χ2v) is 10.3. The van der Waals surface area contributed by atoms with Crippen LogP contribution in [-0.4, -0.2) is 71.7 Å². The molecular weight excluding hydrogens is 468 g/mol. The molecule has 2 rings (SSSR count). The van der Waals surface area contributed by atoms with Crippen molar-refractivity contribution in [3.63, 3.8) is 0 Å². The third-order valence-electron chi connectivity index (χ3n) is 4.25. The lowest BCUT2D eigenvalue weighted by atomic mass is 10.2. The largest absolute Gasteiger partial charge is 0.480 e. The SMILES string of the molecule is COc1cnc([C@@H](O)[C@H](C)S(N)(=O)=O)cn1.COc1cnc([C@H](O)[C@@H](C)S(N)(=O)=O)cn1. The molecule has 4 atom stereocenters. The number of sulfonamides is 2. The van der Waals surface area contributed by atoms with E-state index in [0.29, 0.717) is 0 Å². The minimum Gasteiger partial charge on any atom is -0.480 e. The van der Waals surface area contributed by atoms with Gasteiger partial charge in [-0.2, -0.15) is 0 Å². The molecule has 0 amide bonds. The number of aliphatic hydroxyl groups is 2. The smallest absolute Gasteiger partial charge is 0.231 e. The van der Waals surface area contributed by atoms with Gasteiger partial charge in [-0.3, -0.25) is 9.97 Å². The number of aromatic nitrogens is 4. The Labute approximate surface area is 185 Å². The van der Waals surface area contributed by atoms with E-state index in [0.717, 1.165) is 0 Å². The highest BCUT2D eigenvalue weighted by molar-refractivity contribution is 7.90. The highest BCUT2D eigenvalue weighted by atomic mass is 32.2. The fourth-order valence-electron chi connectivity index (χ4n) is 2.01. The summed E-state index contributed by atoms with van der Waals surface area (Å²) in [6.45, 7) is 2.60. The first kappa shape index (κ1) is 27.5. The van der Waals surface area contributed by atoms with Gasteiger partial charge in [-0.15, -0.1) is 0 Å². The van der Waals surface area contributed by atoms with E-state index in [1.165, 1.54) is 52.9 Å². The fourth-order valence-corrected chi connectivity index (χ4v) is 3.01. The Hall–Kier alpha value is -2.50. The summed E-state index contributed by atoms with van der Waals surface area (Å²) in [6, 6.07) is 0. The van der Waals surface area contributed by atoms with Gasteiger partial charge in [0.15, 0.2) is 0 Å². The average molecular weight is 495 g/mol. The monoisotopic (exact) mass is 494 g/mol. The molecule has 0 fully saturated rings. The molecule has 0 spiro atoms. The molecule has 0 aliphatic rings. The van der Waals surface area contributed by atoms with E-state index in [1.54, 1.807) is 0 Å². The van der Waals surface area contributed by atoms with E-state index in [4.69, 9.17) is 19.8 Å². The Kier molecular flexibility index (Phi) is 9.80. The summed E-state index contributed by atoms with van der Waals surface area (Å²) in [5.41, 5.74) is 0.254. The van der Waals surface area contributed by atoms with Gasteiger partial charge in [-0.05, 0) is 13.8 Å². The Balaban J connectivity index is 0.000000320. The first-order valence-corrected chi connectivity index (χ1v) is 12.1. The summed E-state index contributed by atoms with van der Waals surface area (Å²) in [5, 5.41) is 26.9. The van der Waals surface area contributed by atoms with Gasteiger partial charge in [0.1, 0.15) is 22.7 Å². The van der Waals surface area contributed by atoms with E-state index in [2.05, 4.69) is 19.9 Å². The molecule has 0 aliphatic heterocycles. The standard InChI is InChI=1S/2C8H13N3O4S/c2*1-5(16(9,13)14)8(12)6-3-11-7(15-2)4-10-6/h2*3-5,8,12H,1-2H3,(H2,9,13,14)/t2*5-,8-/m10/s1. The minimum atomic E-state index is -3.81. The Bertz CT molecular complexity index is 977. The van der Waals surface area contributed by atoms with E-state index >= 15 is 0 Å². The van der Waals surface area contributed by atoms with Gasteiger partial charge in [-0.1, -0.05) is 0 Å². The van der Waals surface area contributed by atoms with Gasteiger partial charge in [0.05, 0.1) is 50.4 Å². The zero-order valence-electron chi connectivity index (χ0n) is 17.7. The lowest BCUT2D eigenvalue weighted by molar-refractivity contribution is 0.170. The zero-order valence-corrected chi connectivity index (χ0v) is 19.4. The number of ether oxygens (including phenoxy) is 2. The lowest BCUT2D eigenvalue weighted by Crippen LogP contribution is -2.31. The highest BCUT2D eigenvalue weighted by Gasteiger charge is 2.28. The maximum absolute atomic E-state index is 11.0. The number of rotatable bonds is 8. The molecule has 180 valence electrons. The van der Waals surface area contributed by atoms with Crippen molar-refractivity contribution in [3.05, 3.63) is 36.2 Å². The van der Waals surface area contributed by atoms with Crippen LogP contribution in [0.1, 0.15) is 37.4 Å². The van der Waals surface area contributed by atoms with Crippen LogP contribution in [0.4, 0.5) is 0 Å². The summed E-state index contributed by atoms with van der Waals surface area (Å²) >= 11 is 0. The van der Waals surface area contributed by atoms with Crippen LogP contribution in [0.15, 0.2) is 24.8 Å². The van der Waals surface area contributed by atoms with Gasteiger partial charge < -0.3 is 19.7 Å². The first-order chi connectivity index (χ1) is 14.7. The minimum absolute atomic E-state index is 0.127. The molecule has 0 radical (unpaired) electrons. The van der Waals surface area contributed by atoms with Crippen molar-refractivity contribution in [2.45, 2.75) is 36.6 Å². The maximum atomic E-state index is 11.0. The topological polar surface area (TPSA) is 231 Å². The fraction of sp³-hybridized carbons (Fsp3) is 0.500. The molecule has 2 aromatic heterocycles. The Morgan fingerprint density at radius 1 is 0.719 bits per heavy atom. The highest BCUT2D eigenvalue weighted by Crippen LogP contribution is 2.19. The van der Waals surface area contributed by atoms with Crippen LogP contribution in [0.2, 0.25) is 0 Å². The zero-order chi connectivity index (χ0) is 24.7. The van der Waals surface area contributed by atoms with Crippen molar-refractivity contribution < 1.29 is 36.5 Å². The van der Waals surface area contributed by atoms with E-state index in [9.17, 15) is 27.0 Å². The maximum Gasteiger partial charge on any atom is 0.231 e. The van der Waals surface area contributed by atoms with Crippen LogP contribution in [0.5, 0.6) is 11.8 Å². The molecule has 0 saturated carbocycles. The number of nitrogens with zero attached hydrogens (tertiary/aromatic N) is 4. The summed E-state index contributed by atoms with van der Waals surface area (Å²) in [6.07, 6.45) is 2.43. The number of methoxy groups -OCH3 is 2. The van der Waals surface area contributed by atoms with Crippen molar-refractivity contribution >= 4 is 20.0 Å². The van der Waals surface area contributed by atoms with Crippen molar-refractivity contribution in [2.24, 2.45) is 10.3 Å². The molecule has 6 N–H and O–H groups in total. The Morgan fingerprint density at radius 3 is 1.22 bits per heavy atom. The van der Waals surface area contributed by atoms with Crippen molar-refractivity contribution in [2.75, 3.05) is 14.2 Å². The van der Waals surface area contributed by atoms with Crippen LogP contribution in [0.3, 0.4) is 0 Å². The first-order valence-electron chi connectivity index (χ1n) is 8.83. The number of nitrogens with two attached hydrogens (primary N) is 2. The van der Waals surface area contributed by atoms with Crippen LogP contribution in [-0.2, 0) is 20.0 Å². The number of hydrogen-bond donors (Lipinski definition) is 4. The van der Waals surface area contributed by atoms with Gasteiger partial charge in [0.2, 0.25) is 31.8 Å². The number of aliphatic hydroxyl groups excluding tert-OH is 2.